The Hall–Kier alpha value is -1.43. The van der Waals surface area contributed by atoms with Crippen molar-refractivity contribution in [3.8, 4) is 0 Å². The summed E-state index contributed by atoms with van der Waals surface area (Å²) in [7, 11) is 2.12. The lowest BCUT2D eigenvalue weighted by Crippen LogP contribution is -2.40. The molecule has 3 rings (SSSR count). The van der Waals surface area contributed by atoms with Crippen LogP contribution in [0.2, 0.25) is 0 Å². The van der Waals surface area contributed by atoms with Crippen LogP contribution in [0.3, 0.4) is 0 Å². The smallest absolute Gasteiger partial charge is 0.225 e. The molecule has 0 aliphatic carbocycles. The third-order valence-corrected chi connectivity index (χ3v) is 4.09. The fourth-order valence-corrected chi connectivity index (χ4v) is 3.05. The third-order valence-electron chi connectivity index (χ3n) is 4.09. The number of anilines is 2. The summed E-state index contributed by atoms with van der Waals surface area (Å²) in [4.78, 5) is 12.8. The number of rotatable bonds is 3. The van der Waals surface area contributed by atoms with Crippen molar-refractivity contribution < 1.29 is 4.39 Å². The van der Waals surface area contributed by atoms with Crippen LogP contribution in [0.5, 0.6) is 0 Å². The van der Waals surface area contributed by atoms with E-state index >= 15 is 0 Å². The molecule has 20 heavy (non-hydrogen) atoms. The molecule has 0 bridgehead atoms. The Kier molecular flexibility index (Phi) is 4.00. The Morgan fingerprint density at radius 2 is 2.05 bits per heavy atom. The fourth-order valence-electron chi connectivity index (χ4n) is 3.05. The minimum absolute atomic E-state index is 0.321. The van der Waals surface area contributed by atoms with Gasteiger partial charge in [0.2, 0.25) is 5.95 Å². The predicted octanol–water partition coefficient (Wildman–Crippen LogP) is 1.72. The average Bonchev–Trinajstić information content (AvgIpc) is 2.95. The highest BCUT2D eigenvalue weighted by Gasteiger charge is 2.21. The molecule has 0 aromatic carbocycles. The van der Waals surface area contributed by atoms with Crippen LogP contribution in [0.1, 0.15) is 25.7 Å². The average molecular weight is 279 g/mol. The summed E-state index contributed by atoms with van der Waals surface area (Å²) in [5.41, 5.74) is 0. The van der Waals surface area contributed by atoms with Gasteiger partial charge in [-0.05, 0) is 39.3 Å². The van der Waals surface area contributed by atoms with Gasteiger partial charge in [-0.1, -0.05) is 0 Å². The van der Waals surface area contributed by atoms with Crippen LogP contribution in [0.15, 0.2) is 6.20 Å². The monoisotopic (exact) mass is 279 g/mol. The van der Waals surface area contributed by atoms with Gasteiger partial charge < -0.3 is 15.1 Å². The van der Waals surface area contributed by atoms with Crippen LogP contribution >= 0.6 is 0 Å². The van der Waals surface area contributed by atoms with Crippen molar-refractivity contribution in [2.45, 2.75) is 31.7 Å². The zero-order chi connectivity index (χ0) is 13.9. The van der Waals surface area contributed by atoms with E-state index in [1.165, 1.54) is 12.6 Å². The minimum atomic E-state index is -0.321. The standard InChI is InChI=1S/C14H22FN5/c1-19-6-4-5-11(10-19)17-14-16-9-12(15)13(18-14)20-7-2-3-8-20/h9,11H,2-8,10H2,1H3,(H,16,17,18). The van der Waals surface area contributed by atoms with Gasteiger partial charge in [0.1, 0.15) is 0 Å². The van der Waals surface area contributed by atoms with E-state index in [2.05, 4.69) is 27.2 Å². The van der Waals surface area contributed by atoms with Gasteiger partial charge in [-0.2, -0.15) is 4.98 Å². The molecular formula is C14H22FN5. The van der Waals surface area contributed by atoms with E-state index in [0.717, 1.165) is 45.4 Å². The van der Waals surface area contributed by atoms with Gasteiger partial charge in [0.05, 0.1) is 6.20 Å². The van der Waals surface area contributed by atoms with Crippen molar-refractivity contribution in [2.75, 3.05) is 43.4 Å². The normalized spacial score (nSPS) is 24.1. The molecule has 0 radical (unpaired) electrons. The summed E-state index contributed by atoms with van der Waals surface area (Å²) < 4.78 is 13.9. The molecule has 0 saturated carbocycles. The van der Waals surface area contributed by atoms with Crippen LogP contribution in [0.4, 0.5) is 16.2 Å². The lowest BCUT2D eigenvalue weighted by molar-refractivity contribution is 0.260. The van der Waals surface area contributed by atoms with Crippen molar-refractivity contribution in [1.82, 2.24) is 14.9 Å². The summed E-state index contributed by atoms with van der Waals surface area (Å²) in [5.74, 6) is 0.677. The summed E-state index contributed by atoms with van der Waals surface area (Å²) in [6.45, 7) is 3.90. The zero-order valence-electron chi connectivity index (χ0n) is 12.0. The molecular weight excluding hydrogens is 257 g/mol. The van der Waals surface area contributed by atoms with Gasteiger partial charge in [0, 0.05) is 25.7 Å². The topological polar surface area (TPSA) is 44.3 Å². The third kappa shape index (κ3) is 3.00. The van der Waals surface area contributed by atoms with Crippen LogP contribution < -0.4 is 10.2 Å². The Labute approximate surface area is 119 Å². The Morgan fingerprint density at radius 3 is 2.80 bits per heavy atom. The first-order valence-corrected chi connectivity index (χ1v) is 7.45. The molecule has 2 saturated heterocycles. The molecule has 1 aromatic heterocycles. The van der Waals surface area contributed by atoms with Gasteiger partial charge in [0.25, 0.3) is 0 Å². The number of piperidine rings is 1. The number of likely N-dealkylation sites (tertiary alicyclic amines) is 1. The van der Waals surface area contributed by atoms with Gasteiger partial charge >= 0.3 is 0 Å². The number of halogens is 1. The van der Waals surface area contributed by atoms with Gasteiger partial charge in [-0.3, -0.25) is 0 Å². The molecule has 2 aliphatic rings. The number of hydrogen-bond donors (Lipinski definition) is 1. The second kappa shape index (κ2) is 5.91. The maximum absolute atomic E-state index is 13.9. The van der Waals surface area contributed by atoms with Crippen molar-refractivity contribution in [2.24, 2.45) is 0 Å². The molecule has 3 heterocycles. The van der Waals surface area contributed by atoms with Crippen LogP contribution in [-0.4, -0.2) is 54.1 Å². The van der Waals surface area contributed by atoms with Crippen LogP contribution in [0.25, 0.3) is 0 Å². The summed E-state index contributed by atoms with van der Waals surface area (Å²) in [5, 5.41) is 3.35. The molecule has 1 aromatic rings. The molecule has 6 heteroatoms. The second-order valence-corrected chi connectivity index (χ2v) is 5.81. The molecule has 2 fully saturated rings. The van der Waals surface area contributed by atoms with E-state index in [1.807, 2.05) is 4.90 Å². The Bertz CT molecular complexity index is 461. The maximum atomic E-state index is 13.9. The first kappa shape index (κ1) is 13.5. The van der Waals surface area contributed by atoms with Gasteiger partial charge in [0.15, 0.2) is 11.6 Å². The number of hydrogen-bond acceptors (Lipinski definition) is 5. The molecule has 0 amide bonds. The number of nitrogens with zero attached hydrogens (tertiary/aromatic N) is 4. The molecule has 0 spiro atoms. The molecule has 2 aliphatic heterocycles. The van der Waals surface area contributed by atoms with E-state index in [-0.39, 0.29) is 5.82 Å². The van der Waals surface area contributed by atoms with Crippen LogP contribution in [0, 0.1) is 5.82 Å². The summed E-state index contributed by atoms with van der Waals surface area (Å²) in [6, 6.07) is 0.352. The molecule has 110 valence electrons. The molecule has 1 N–H and O–H groups in total. The SMILES string of the molecule is CN1CCCC(Nc2ncc(F)c(N3CCCC3)n2)C1. The number of nitrogens with one attached hydrogen (secondary N) is 1. The van der Waals surface area contributed by atoms with E-state index < -0.39 is 0 Å². The van der Waals surface area contributed by atoms with E-state index in [1.54, 1.807) is 0 Å². The van der Waals surface area contributed by atoms with Gasteiger partial charge in [-0.15, -0.1) is 0 Å². The van der Waals surface area contributed by atoms with Gasteiger partial charge in [-0.25, -0.2) is 9.37 Å². The maximum Gasteiger partial charge on any atom is 0.225 e. The lowest BCUT2D eigenvalue weighted by atomic mass is 10.1. The highest BCUT2D eigenvalue weighted by Crippen LogP contribution is 2.22. The number of aromatic nitrogens is 2. The number of likely N-dealkylation sites (N-methyl/N-ethyl adjacent to an activating group) is 1. The highest BCUT2D eigenvalue weighted by atomic mass is 19.1. The van der Waals surface area contributed by atoms with Crippen molar-refractivity contribution in [3.63, 3.8) is 0 Å². The summed E-state index contributed by atoms with van der Waals surface area (Å²) >= 11 is 0. The first-order valence-electron chi connectivity index (χ1n) is 7.45. The van der Waals surface area contributed by atoms with E-state index in [0.29, 0.717) is 17.8 Å². The Morgan fingerprint density at radius 1 is 1.25 bits per heavy atom. The quantitative estimate of drug-likeness (QED) is 0.913. The predicted molar refractivity (Wildman–Crippen MR) is 77.6 cm³/mol. The molecule has 1 unspecified atom stereocenters. The lowest BCUT2D eigenvalue weighted by Gasteiger charge is -2.30. The first-order chi connectivity index (χ1) is 9.72. The van der Waals surface area contributed by atoms with Crippen molar-refractivity contribution >= 4 is 11.8 Å². The second-order valence-electron chi connectivity index (χ2n) is 5.81. The molecule has 5 nitrogen and oxygen atoms in total. The minimum Gasteiger partial charge on any atom is -0.354 e. The Balaban J connectivity index is 1.71. The zero-order valence-corrected chi connectivity index (χ0v) is 12.0. The summed E-state index contributed by atoms with van der Waals surface area (Å²) in [6.07, 6.45) is 5.80. The van der Waals surface area contributed by atoms with Crippen molar-refractivity contribution in [1.29, 1.82) is 0 Å². The fraction of sp³-hybridized carbons (Fsp3) is 0.714. The largest absolute Gasteiger partial charge is 0.354 e. The van der Waals surface area contributed by atoms with E-state index in [4.69, 9.17) is 0 Å². The molecule has 1 atom stereocenters. The highest BCUT2D eigenvalue weighted by molar-refractivity contribution is 5.45. The van der Waals surface area contributed by atoms with E-state index in [9.17, 15) is 4.39 Å². The van der Waals surface area contributed by atoms with Crippen LogP contribution in [-0.2, 0) is 0 Å². The van der Waals surface area contributed by atoms with Crippen molar-refractivity contribution in [3.05, 3.63) is 12.0 Å².